The molecule has 0 saturated carbocycles. The van der Waals surface area contributed by atoms with Crippen molar-refractivity contribution in [2.24, 2.45) is 0 Å². The summed E-state index contributed by atoms with van der Waals surface area (Å²) in [6.07, 6.45) is 5.11. The predicted molar refractivity (Wildman–Crippen MR) is 111 cm³/mol. The average molecular weight is 410 g/mol. The number of hydrogen-bond acceptors (Lipinski definition) is 4. The Kier molecular flexibility index (Phi) is 5.37. The second-order valence-corrected chi connectivity index (χ2v) is 7.98. The van der Waals surface area contributed by atoms with Crippen LogP contribution >= 0.6 is 0 Å². The van der Waals surface area contributed by atoms with E-state index in [0.717, 1.165) is 17.3 Å². The Morgan fingerprint density at radius 2 is 1.86 bits per heavy atom. The second kappa shape index (κ2) is 8.10. The zero-order valence-electron chi connectivity index (χ0n) is 15.4. The SMILES string of the molecule is Nc1nc(=O)n([C@H]2C=C[C@@H](NS(=O)c3cccc(-c4ccccc4)c3)C2)cc1F. The van der Waals surface area contributed by atoms with Crippen molar-refractivity contribution in [3.8, 4) is 11.1 Å². The Bertz CT molecular complexity index is 1150. The maximum absolute atomic E-state index is 13.7. The van der Waals surface area contributed by atoms with Gasteiger partial charge in [0.15, 0.2) is 11.6 Å². The number of allylic oxidation sites excluding steroid dienone is 1. The monoisotopic (exact) mass is 410 g/mol. The molecule has 1 heterocycles. The number of halogens is 1. The molecule has 4 rings (SSSR count). The molecule has 1 unspecified atom stereocenters. The Labute approximate surface area is 169 Å². The molecule has 3 N–H and O–H groups in total. The lowest BCUT2D eigenvalue weighted by Crippen LogP contribution is -2.31. The van der Waals surface area contributed by atoms with Gasteiger partial charge in [-0.15, -0.1) is 0 Å². The van der Waals surface area contributed by atoms with Gasteiger partial charge in [0.1, 0.15) is 11.0 Å². The summed E-state index contributed by atoms with van der Waals surface area (Å²) in [6, 6.07) is 16.8. The molecule has 1 aromatic heterocycles. The highest BCUT2D eigenvalue weighted by molar-refractivity contribution is 7.83. The molecule has 8 heteroatoms. The van der Waals surface area contributed by atoms with Gasteiger partial charge in [-0.25, -0.2) is 18.1 Å². The van der Waals surface area contributed by atoms with E-state index in [1.165, 1.54) is 4.57 Å². The van der Waals surface area contributed by atoms with Crippen LogP contribution in [0, 0.1) is 5.82 Å². The highest BCUT2D eigenvalue weighted by atomic mass is 32.2. The van der Waals surface area contributed by atoms with Crippen LogP contribution in [0.3, 0.4) is 0 Å². The standard InChI is InChI=1S/C21H19FN4O2S/c22-19-13-26(21(27)24-20(19)23)17-10-9-16(12-17)25-29(28)18-8-4-7-15(11-18)14-5-2-1-3-6-14/h1-11,13,16-17,25H,12H2,(H2,23,24,27)/t16-,17+,29?/m1/s1. The zero-order valence-corrected chi connectivity index (χ0v) is 16.2. The average Bonchev–Trinajstić information content (AvgIpc) is 3.19. The number of benzene rings is 2. The number of nitrogens with zero attached hydrogens (tertiary/aromatic N) is 2. The number of nitrogens with two attached hydrogens (primary N) is 1. The molecule has 2 aromatic carbocycles. The highest BCUT2D eigenvalue weighted by Gasteiger charge is 2.24. The topological polar surface area (TPSA) is 90.0 Å². The first-order valence-corrected chi connectivity index (χ1v) is 10.2. The minimum atomic E-state index is -1.44. The second-order valence-electron chi connectivity index (χ2n) is 6.74. The fourth-order valence-corrected chi connectivity index (χ4v) is 4.32. The lowest BCUT2D eigenvalue weighted by atomic mass is 10.1. The van der Waals surface area contributed by atoms with Gasteiger partial charge in [-0.3, -0.25) is 4.57 Å². The van der Waals surface area contributed by atoms with Crippen LogP contribution in [0.25, 0.3) is 11.1 Å². The van der Waals surface area contributed by atoms with Gasteiger partial charge in [0.05, 0.1) is 10.9 Å². The van der Waals surface area contributed by atoms with Crippen LogP contribution in [0.15, 0.2) is 82.6 Å². The third-order valence-corrected chi connectivity index (χ3v) is 5.96. The van der Waals surface area contributed by atoms with Crippen molar-refractivity contribution in [2.75, 3.05) is 5.73 Å². The summed E-state index contributed by atoms with van der Waals surface area (Å²) < 4.78 is 30.7. The molecule has 0 bridgehead atoms. The van der Waals surface area contributed by atoms with E-state index in [-0.39, 0.29) is 12.1 Å². The van der Waals surface area contributed by atoms with Crippen molar-refractivity contribution in [2.45, 2.75) is 23.4 Å². The van der Waals surface area contributed by atoms with E-state index >= 15 is 0 Å². The summed E-state index contributed by atoms with van der Waals surface area (Å²) in [5.74, 6) is -1.15. The van der Waals surface area contributed by atoms with Crippen LogP contribution in [-0.4, -0.2) is 19.8 Å². The lowest BCUT2D eigenvalue weighted by Gasteiger charge is -2.16. The molecule has 1 aliphatic carbocycles. The van der Waals surface area contributed by atoms with Crippen molar-refractivity contribution >= 4 is 16.8 Å². The van der Waals surface area contributed by atoms with Crippen molar-refractivity contribution < 1.29 is 8.60 Å². The molecule has 0 saturated heterocycles. The van der Waals surface area contributed by atoms with Crippen molar-refractivity contribution in [1.82, 2.24) is 14.3 Å². The van der Waals surface area contributed by atoms with Gasteiger partial charge in [-0.2, -0.15) is 4.98 Å². The Balaban J connectivity index is 1.46. The zero-order chi connectivity index (χ0) is 20.4. The molecular formula is C21H19FN4O2S. The predicted octanol–water partition coefficient (Wildman–Crippen LogP) is 2.81. The van der Waals surface area contributed by atoms with E-state index in [0.29, 0.717) is 11.3 Å². The van der Waals surface area contributed by atoms with Crippen LogP contribution in [-0.2, 0) is 11.0 Å². The highest BCUT2D eigenvalue weighted by Crippen LogP contribution is 2.25. The summed E-state index contributed by atoms with van der Waals surface area (Å²) in [4.78, 5) is 16.1. The minimum Gasteiger partial charge on any atom is -0.381 e. The quantitative estimate of drug-likeness (QED) is 0.633. The van der Waals surface area contributed by atoms with E-state index < -0.39 is 28.3 Å². The van der Waals surface area contributed by atoms with Gasteiger partial charge in [0.25, 0.3) is 0 Å². The van der Waals surface area contributed by atoms with Gasteiger partial charge in [0, 0.05) is 12.2 Å². The fourth-order valence-electron chi connectivity index (χ4n) is 3.30. The molecule has 3 atom stereocenters. The summed E-state index contributed by atoms with van der Waals surface area (Å²) in [5.41, 5.74) is 6.74. The Morgan fingerprint density at radius 1 is 1.10 bits per heavy atom. The van der Waals surface area contributed by atoms with Crippen LogP contribution in [0.1, 0.15) is 12.5 Å². The number of aromatic nitrogens is 2. The molecule has 1 aliphatic rings. The van der Waals surface area contributed by atoms with E-state index in [4.69, 9.17) is 5.73 Å². The minimum absolute atomic E-state index is 0.228. The smallest absolute Gasteiger partial charge is 0.350 e. The molecule has 0 spiro atoms. The first-order valence-electron chi connectivity index (χ1n) is 9.07. The maximum atomic E-state index is 13.7. The molecule has 0 radical (unpaired) electrons. The molecule has 3 aromatic rings. The van der Waals surface area contributed by atoms with Gasteiger partial charge in [-0.05, 0) is 29.7 Å². The Hall–Kier alpha value is -3.10. The number of rotatable bonds is 5. The summed E-state index contributed by atoms with van der Waals surface area (Å²) in [5, 5.41) is 0. The van der Waals surface area contributed by atoms with Crippen LogP contribution in [0.4, 0.5) is 10.2 Å². The van der Waals surface area contributed by atoms with Crippen molar-refractivity contribution in [3.05, 3.63) is 89.2 Å². The largest absolute Gasteiger partial charge is 0.381 e. The molecule has 148 valence electrons. The Morgan fingerprint density at radius 3 is 2.66 bits per heavy atom. The number of nitrogen functional groups attached to an aromatic ring is 1. The fraction of sp³-hybridized carbons (Fsp3) is 0.143. The van der Waals surface area contributed by atoms with E-state index in [1.54, 1.807) is 12.1 Å². The third-order valence-electron chi connectivity index (χ3n) is 4.77. The van der Waals surface area contributed by atoms with Gasteiger partial charge in [0.2, 0.25) is 0 Å². The molecule has 0 aliphatic heterocycles. The van der Waals surface area contributed by atoms with Crippen molar-refractivity contribution in [1.29, 1.82) is 0 Å². The molecule has 0 amide bonds. The number of anilines is 1. The summed E-state index contributed by atoms with van der Waals surface area (Å²) in [6.45, 7) is 0. The summed E-state index contributed by atoms with van der Waals surface area (Å²) >= 11 is 0. The first kappa shape index (κ1) is 19.2. The lowest BCUT2D eigenvalue weighted by molar-refractivity contribution is 0.498. The summed E-state index contributed by atoms with van der Waals surface area (Å²) in [7, 11) is -1.44. The number of nitrogens with one attached hydrogen (secondary N) is 1. The molecule has 29 heavy (non-hydrogen) atoms. The number of hydrogen-bond donors (Lipinski definition) is 2. The van der Waals surface area contributed by atoms with E-state index in [1.807, 2.05) is 54.6 Å². The normalized spacial score (nSPS) is 19.3. The van der Waals surface area contributed by atoms with Gasteiger partial charge in [-0.1, -0.05) is 54.6 Å². The molecular weight excluding hydrogens is 391 g/mol. The van der Waals surface area contributed by atoms with Crippen LogP contribution < -0.4 is 16.1 Å². The van der Waals surface area contributed by atoms with Gasteiger partial charge >= 0.3 is 5.69 Å². The first-order chi connectivity index (χ1) is 14.0. The molecule has 0 fully saturated rings. The van der Waals surface area contributed by atoms with Gasteiger partial charge < -0.3 is 5.73 Å². The van der Waals surface area contributed by atoms with E-state index in [9.17, 15) is 13.4 Å². The van der Waals surface area contributed by atoms with E-state index in [2.05, 4.69) is 9.71 Å². The molecule has 6 nitrogen and oxygen atoms in total. The van der Waals surface area contributed by atoms with Crippen molar-refractivity contribution in [3.63, 3.8) is 0 Å². The van der Waals surface area contributed by atoms with Crippen LogP contribution in [0.5, 0.6) is 0 Å². The third kappa shape index (κ3) is 4.18. The van der Waals surface area contributed by atoms with Crippen LogP contribution in [0.2, 0.25) is 0 Å². The maximum Gasteiger partial charge on any atom is 0.350 e.